The van der Waals surface area contributed by atoms with Gasteiger partial charge in [-0.05, 0) is 31.7 Å². The molecule has 10 nitrogen and oxygen atoms in total. The Hall–Kier alpha value is -4.34. The van der Waals surface area contributed by atoms with E-state index in [0.29, 0.717) is 24.4 Å². The van der Waals surface area contributed by atoms with Gasteiger partial charge in [-0.3, -0.25) is 4.79 Å². The van der Waals surface area contributed by atoms with E-state index in [4.69, 9.17) is 9.72 Å². The van der Waals surface area contributed by atoms with E-state index in [-0.39, 0.29) is 49.8 Å². The average molecular weight is 574 g/mol. The molecule has 2 aromatic carbocycles. The number of carbonyl (C=O) groups excluding carboxylic acids is 2. The van der Waals surface area contributed by atoms with Gasteiger partial charge in [0.25, 0.3) is 5.91 Å². The number of imidazole rings is 1. The van der Waals surface area contributed by atoms with Crippen LogP contribution in [0.25, 0.3) is 11.3 Å². The smallest absolute Gasteiger partial charge is 0.409 e. The van der Waals surface area contributed by atoms with Crippen molar-refractivity contribution < 1.29 is 24.2 Å². The number of carbonyl (C=O) groups is 3. The normalized spacial score (nSPS) is 20.7. The molecule has 5 rings (SSSR count). The number of likely N-dealkylation sites (N-methyl/N-ethyl adjacent to an activating group) is 1. The van der Waals surface area contributed by atoms with Crippen molar-refractivity contribution >= 4 is 18.1 Å². The van der Waals surface area contributed by atoms with Gasteiger partial charge < -0.3 is 29.1 Å². The molecule has 3 aromatic rings. The van der Waals surface area contributed by atoms with Gasteiger partial charge in [-0.25, -0.2) is 14.6 Å². The number of nitrogens with zero attached hydrogens (tertiary/aromatic N) is 5. The van der Waals surface area contributed by atoms with Crippen LogP contribution in [0.1, 0.15) is 54.7 Å². The quantitative estimate of drug-likeness (QED) is 0.418. The second-order valence-electron chi connectivity index (χ2n) is 11.0. The molecule has 42 heavy (non-hydrogen) atoms. The largest absolute Gasteiger partial charge is 0.465 e. The van der Waals surface area contributed by atoms with Gasteiger partial charge in [0, 0.05) is 32.2 Å². The van der Waals surface area contributed by atoms with E-state index in [9.17, 15) is 19.5 Å². The van der Waals surface area contributed by atoms with Crippen LogP contribution in [0.5, 0.6) is 0 Å². The fourth-order valence-corrected chi connectivity index (χ4v) is 6.37. The van der Waals surface area contributed by atoms with Gasteiger partial charge in [0.15, 0.2) is 5.69 Å². The van der Waals surface area contributed by atoms with Gasteiger partial charge in [0.1, 0.15) is 0 Å². The first kappa shape index (κ1) is 29.2. The molecule has 0 spiro atoms. The summed E-state index contributed by atoms with van der Waals surface area (Å²) in [6, 6.07) is 19.1. The zero-order chi connectivity index (χ0) is 29.6. The van der Waals surface area contributed by atoms with Gasteiger partial charge >= 0.3 is 12.2 Å². The SMILES string of the molecule is CCOC(=O)N(C)[C@H]1CCCC[C@@H]1n1cnc(C(=O)N2CCN(C(=O)O)C[C@H]2Cc2ccccc2)c1-c1ccccc1. The van der Waals surface area contributed by atoms with Crippen LogP contribution in [0, 0.1) is 0 Å². The van der Waals surface area contributed by atoms with E-state index in [1.807, 2.05) is 60.7 Å². The highest BCUT2D eigenvalue weighted by Crippen LogP contribution is 2.37. The van der Waals surface area contributed by atoms with Crippen LogP contribution in [0.3, 0.4) is 0 Å². The molecule has 1 N–H and O–H groups in total. The molecule has 1 saturated heterocycles. The Morgan fingerprint density at radius 2 is 1.69 bits per heavy atom. The minimum absolute atomic E-state index is 0.0821. The maximum atomic E-state index is 14.4. The molecule has 10 heteroatoms. The van der Waals surface area contributed by atoms with Crippen molar-refractivity contribution in [2.75, 3.05) is 33.3 Å². The molecule has 0 unspecified atom stereocenters. The Bertz CT molecular complexity index is 1380. The molecule has 2 fully saturated rings. The van der Waals surface area contributed by atoms with E-state index < -0.39 is 6.09 Å². The van der Waals surface area contributed by atoms with Crippen LogP contribution in [0.15, 0.2) is 67.0 Å². The number of hydrogen-bond acceptors (Lipinski definition) is 5. The van der Waals surface area contributed by atoms with Crippen LogP contribution < -0.4 is 0 Å². The first-order chi connectivity index (χ1) is 20.4. The number of amides is 3. The molecule has 0 bridgehead atoms. The van der Waals surface area contributed by atoms with Crippen molar-refractivity contribution in [1.82, 2.24) is 24.3 Å². The maximum Gasteiger partial charge on any atom is 0.409 e. The molecule has 1 aliphatic carbocycles. The summed E-state index contributed by atoms with van der Waals surface area (Å²) >= 11 is 0. The van der Waals surface area contributed by atoms with Crippen molar-refractivity contribution in [3.63, 3.8) is 0 Å². The summed E-state index contributed by atoms with van der Waals surface area (Å²) in [5.74, 6) is -0.218. The molecule has 1 aromatic heterocycles. The monoisotopic (exact) mass is 573 g/mol. The molecule has 1 saturated carbocycles. The minimum atomic E-state index is -0.983. The molecule has 2 aliphatic rings. The number of benzene rings is 2. The summed E-state index contributed by atoms with van der Waals surface area (Å²) in [7, 11) is 1.78. The summed E-state index contributed by atoms with van der Waals surface area (Å²) in [5, 5.41) is 9.72. The van der Waals surface area contributed by atoms with Crippen LogP contribution in [0.2, 0.25) is 0 Å². The Labute approximate surface area is 246 Å². The third kappa shape index (κ3) is 6.12. The highest BCUT2D eigenvalue weighted by Gasteiger charge is 2.38. The van der Waals surface area contributed by atoms with E-state index in [0.717, 1.165) is 36.8 Å². The Balaban J connectivity index is 1.52. The van der Waals surface area contributed by atoms with Gasteiger partial charge in [-0.1, -0.05) is 73.5 Å². The van der Waals surface area contributed by atoms with Crippen molar-refractivity contribution in [3.8, 4) is 11.3 Å². The maximum absolute atomic E-state index is 14.4. The highest BCUT2D eigenvalue weighted by molar-refractivity contribution is 5.98. The summed E-state index contributed by atoms with van der Waals surface area (Å²) in [4.78, 5) is 48.5. The zero-order valence-corrected chi connectivity index (χ0v) is 24.3. The van der Waals surface area contributed by atoms with E-state index in [2.05, 4.69) is 4.57 Å². The number of rotatable bonds is 7. The van der Waals surface area contributed by atoms with Crippen molar-refractivity contribution in [2.45, 2.75) is 57.2 Å². The van der Waals surface area contributed by atoms with Gasteiger partial charge in [-0.15, -0.1) is 0 Å². The number of hydrogen-bond donors (Lipinski definition) is 1. The number of aromatic nitrogens is 2. The lowest BCUT2D eigenvalue weighted by Crippen LogP contribution is -2.57. The lowest BCUT2D eigenvalue weighted by atomic mass is 9.88. The second-order valence-corrected chi connectivity index (χ2v) is 11.0. The highest BCUT2D eigenvalue weighted by atomic mass is 16.6. The zero-order valence-electron chi connectivity index (χ0n) is 24.3. The van der Waals surface area contributed by atoms with Gasteiger partial charge in [0.2, 0.25) is 0 Å². The number of ether oxygens (including phenoxy) is 1. The van der Waals surface area contributed by atoms with Crippen LogP contribution >= 0.6 is 0 Å². The third-order valence-electron chi connectivity index (χ3n) is 8.48. The summed E-state index contributed by atoms with van der Waals surface area (Å²) in [6.45, 7) is 2.85. The first-order valence-corrected chi connectivity index (χ1v) is 14.7. The molecule has 3 amide bonds. The van der Waals surface area contributed by atoms with Crippen molar-refractivity contribution in [3.05, 3.63) is 78.2 Å². The lowest BCUT2D eigenvalue weighted by molar-refractivity contribution is 0.0446. The fourth-order valence-electron chi connectivity index (χ4n) is 6.37. The summed E-state index contributed by atoms with van der Waals surface area (Å²) < 4.78 is 7.39. The van der Waals surface area contributed by atoms with Crippen molar-refractivity contribution in [2.24, 2.45) is 0 Å². The molecular formula is C32H39N5O5. The average Bonchev–Trinajstić information content (AvgIpc) is 3.46. The first-order valence-electron chi connectivity index (χ1n) is 14.7. The molecule has 1 aliphatic heterocycles. The Morgan fingerprint density at radius 3 is 2.38 bits per heavy atom. The van der Waals surface area contributed by atoms with Crippen LogP contribution in [-0.4, -0.2) is 92.8 Å². The molecular weight excluding hydrogens is 534 g/mol. The Kier molecular flexibility index (Phi) is 9.09. The molecule has 222 valence electrons. The predicted octanol–water partition coefficient (Wildman–Crippen LogP) is 5.17. The van der Waals surface area contributed by atoms with Gasteiger partial charge in [-0.2, -0.15) is 0 Å². The van der Waals surface area contributed by atoms with E-state index in [1.165, 1.54) is 4.90 Å². The van der Waals surface area contributed by atoms with Gasteiger partial charge in [0.05, 0.1) is 36.8 Å². The standard InChI is InChI=1S/C32H39N5O5/c1-3-42-32(41)34(2)26-16-10-11-17-27(26)37-22-33-28(29(37)24-14-8-5-9-15-24)30(38)36-19-18-35(31(39)40)21-25(36)20-23-12-6-4-7-13-23/h4-9,12-15,22,25-27H,3,10-11,16-21H2,1-2H3,(H,39,40)/t25-,26+,27+/m1/s1. The topological polar surface area (TPSA) is 108 Å². The van der Waals surface area contributed by atoms with E-state index in [1.54, 1.807) is 30.1 Å². The van der Waals surface area contributed by atoms with E-state index >= 15 is 0 Å². The number of carboxylic acid groups (broad SMARTS) is 1. The van der Waals surface area contributed by atoms with Crippen LogP contribution in [0.4, 0.5) is 9.59 Å². The minimum Gasteiger partial charge on any atom is -0.465 e. The number of piperazine rings is 1. The summed E-state index contributed by atoms with van der Waals surface area (Å²) in [6.07, 6.45) is 4.60. The third-order valence-corrected chi connectivity index (χ3v) is 8.48. The molecule has 0 radical (unpaired) electrons. The fraction of sp³-hybridized carbons (Fsp3) is 0.438. The Morgan fingerprint density at radius 1 is 1.00 bits per heavy atom. The molecule has 3 atom stereocenters. The second kappa shape index (κ2) is 13.1. The van der Waals surface area contributed by atoms with Crippen molar-refractivity contribution in [1.29, 1.82) is 0 Å². The summed E-state index contributed by atoms with van der Waals surface area (Å²) in [5.41, 5.74) is 2.96. The lowest BCUT2D eigenvalue weighted by Gasteiger charge is -2.40. The predicted molar refractivity (Wildman–Crippen MR) is 158 cm³/mol. The molecule has 2 heterocycles. The van der Waals surface area contributed by atoms with Crippen LogP contribution in [-0.2, 0) is 11.2 Å².